The molecule has 0 aliphatic carbocycles. The van der Waals surface area contributed by atoms with Gasteiger partial charge in [0.1, 0.15) is 6.61 Å². The second-order valence-corrected chi connectivity index (χ2v) is 13.4. The van der Waals surface area contributed by atoms with E-state index in [2.05, 4.69) is 27.6 Å². The van der Waals surface area contributed by atoms with E-state index < -0.39 is 18.0 Å². The summed E-state index contributed by atoms with van der Waals surface area (Å²) in [5.74, 6) is 0.423. The Hall–Kier alpha value is -4.63. The number of hydrogen-bond acceptors (Lipinski definition) is 10. The first-order valence-electron chi connectivity index (χ1n) is 15.3. The Morgan fingerprint density at radius 1 is 1.04 bits per heavy atom. The van der Waals surface area contributed by atoms with E-state index in [0.717, 1.165) is 9.13 Å². The standard InChI is InChI=1S/C36H35IN2O9S/c1-7-46-35(43)30-20(4)38-36-39(31(30)24-12-13-26(48-19(2)3)27(17-24)44-5)33(40)29(49-36)16-22-14-25(37)32(28(15-22)45-6)47-18-21-8-10-23(11-9-21)34(41)42/h8-17,19,31H,7,18H2,1-6H3,(H,41,42)/b29-16-/t31-/m0/s1. The number of carbonyl (C=O) groups excluding carboxylic acids is 1. The van der Waals surface area contributed by atoms with Crippen LogP contribution in [-0.2, 0) is 16.1 Å². The predicted molar refractivity (Wildman–Crippen MR) is 193 cm³/mol. The number of rotatable bonds is 12. The number of fused-ring (bicyclic) bond motifs is 1. The van der Waals surface area contributed by atoms with Crippen molar-refractivity contribution in [3.8, 4) is 23.0 Å². The van der Waals surface area contributed by atoms with Crippen LogP contribution >= 0.6 is 33.9 Å². The van der Waals surface area contributed by atoms with Gasteiger partial charge >= 0.3 is 11.9 Å². The predicted octanol–water partition coefficient (Wildman–Crippen LogP) is 5.48. The smallest absolute Gasteiger partial charge is 0.338 e. The molecule has 0 bridgehead atoms. The number of aromatic carboxylic acids is 1. The summed E-state index contributed by atoms with van der Waals surface area (Å²) in [6, 6.07) is 14.6. The number of benzene rings is 3. The van der Waals surface area contributed by atoms with Crippen molar-refractivity contribution < 1.29 is 38.4 Å². The number of hydrogen-bond donors (Lipinski definition) is 1. The molecule has 1 aliphatic rings. The van der Waals surface area contributed by atoms with Gasteiger partial charge in [-0.15, -0.1) is 0 Å². The van der Waals surface area contributed by atoms with Gasteiger partial charge in [0.2, 0.25) is 0 Å². The van der Waals surface area contributed by atoms with Gasteiger partial charge in [-0.25, -0.2) is 14.6 Å². The van der Waals surface area contributed by atoms with E-state index in [1.165, 1.54) is 42.3 Å². The number of ether oxygens (including phenoxy) is 5. The summed E-state index contributed by atoms with van der Waals surface area (Å²) in [6.07, 6.45) is 1.67. The van der Waals surface area contributed by atoms with Crippen LogP contribution in [0.3, 0.4) is 0 Å². The lowest BCUT2D eigenvalue weighted by molar-refractivity contribution is -0.139. The van der Waals surface area contributed by atoms with Crippen LogP contribution in [0.15, 0.2) is 75.7 Å². The molecule has 5 rings (SSSR count). The maximum absolute atomic E-state index is 14.2. The van der Waals surface area contributed by atoms with Gasteiger partial charge in [-0.05, 0) is 109 Å². The molecule has 4 aromatic rings. The van der Waals surface area contributed by atoms with Crippen LogP contribution in [0.25, 0.3) is 6.08 Å². The minimum Gasteiger partial charge on any atom is -0.493 e. The van der Waals surface area contributed by atoms with Crippen molar-refractivity contribution in [1.29, 1.82) is 0 Å². The Balaban J connectivity index is 1.56. The lowest BCUT2D eigenvalue weighted by Gasteiger charge is -2.25. The number of allylic oxidation sites excluding steroid dienone is 1. The highest BCUT2D eigenvalue weighted by atomic mass is 127. The highest BCUT2D eigenvalue weighted by Crippen LogP contribution is 2.37. The fourth-order valence-corrected chi connectivity index (χ4v) is 7.15. The van der Waals surface area contributed by atoms with Crippen molar-refractivity contribution in [2.45, 2.75) is 46.4 Å². The maximum atomic E-state index is 14.2. The van der Waals surface area contributed by atoms with Crippen molar-refractivity contribution in [1.82, 2.24) is 4.57 Å². The second-order valence-electron chi connectivity index (χ2n) is 11.2. The largest absolute Gasteiger partial charge is 0.493 e. The first-order valence-corrected chi connectivity index (χ1v) is 17.2. The molecule has 1 aliphatic heterocycles. The SMILES string of the molecule is CCOC(=O)C1=C(C)N=c2s/c(=C\c3cc(I)c(OCc4ccc(C(=O)O)cc4)c(OC)c3)c(=O)n2[C@H]1c1ccc(OC(C)C)c(OC)c1. The van der Waals surface area contributed by atoms with Gasteiger partial charge in [-0.2, -0.15) is 0 Å². The fourth-order valence-electron chi connectivity index (χ4n) is 5.33. The van der Waals surface area contributed by atoms with Gasteiger partial charge in [-0.1, -0.05) is 29.5 Å². The van der Waals surface area contributed by atoms with Crippen molar-refractivity contribution >= 4 is 51.9 Å². The molecule has 2 heterocycles. The highest BCUT2D eigenvalue weighted by molar-refractivity contribution is 14.1. The number of carboxylic acids is 1. The molecule has 0 unspecified atom stereocenters. The van der Waals surface area contributed by atoms with Crippen LogP contribution in [-0.4, -0.2) is 48.5 Å². The quantitative estimate of drug-likeness (QED) is 0.146. The first-order chi connectivity index (χ1) is 23.4. The molecule has 3 aromatic carbocycles. The molecule has 13 heteroatoms. The number of aromatic nitrogens is 1. The first kappa shape index (κ1) is 35.7. The van der Waals surface area contributed by atoms with E-state index in [-0.39, 0.29) is 36.0 Å². The molecule has 0 fully saturated rings. The van der Waals surface area contributed by atoms with E-state index in [4.69, 9.17) is 28.8 Å². The van der Waals surface area contributed by atoms with Gasteiger partial charge in [0.25, 0.3) is 5.56 Å². The van der Waals surface area contributed by atoms with Crippen LogP contribution in [0.4, 0.5) is 0 Å². The number of methoxy groups -OCH3 is 2. The zero-order valence-corrected chi connectivity index (χ0v) is 30.7. The average Bonchev–Trinajstić information content (AvgIpc) is 3.37. The summed E-state index contributed by atoms with van der Waals surface area (Å²) in [5, 5.41) is 9.16. The van der Waals surface area contributed by atoms with Gasteiger partial charge in [0, 0.05) is 0 Å². The summed E-state index contributed by atoms with van der Waals surface area (Å²) in [4.78, 5) is 43.8. The Kier molecular flexibility index (Phi) is 11.1. The summed E-state index contributed by atoms with van der Waals surface area (Å²) < 4.78 is 31.4. The molecule has 1 N–H and O–H groups in total. The molecular weight excluding hydrogens is 763 g/mol. The number of halogens is 1. The number of carboxylic acid groups (broad SMARTS) is 1. The zero-order valence-electron chi connectivity index (χ0n) is 27.7. The van der Waals surface area contributed by atoms with E-state index in [0.29, 0.717) is 49.2 Å². The molecule has 0 amide bonds. The van der Waals surface area contributed by atoms with Crippen molar-refractivity contribution in [2.24, 2.45) is 4.99 Å². The molecule has 0 spiro atoms. The Bertz CT molecular complexity index is 2120. The fraction of sp³-hybridized carbons (Fsp3) is 0.278. The Morgan fingerprint density at radius 3 is 2.39 bits per heavy atom. The summed E-state index contributed by atoms with van der Waals surface area (Å²) in [7, 11) is 3.07. The lowest BCUT2D eigenvalue weighted by Crippen LogP contribution is -2.40. The monoisotopic (exact) mass is 798 g/mol. The van der Waals surface area contributed by atoms with Crippen molar-refractivity contribution in [3.63, 3.8) is 0 Å². The van der Waals surface area contributed by atoms with Gasteiger partial charge in [0.15, 0.2) is 27.8 Å². The van der Waals surface area contributed by atoms with E-state index in [1.54, 1.807) is 50.3 Å². The average molecular weight is 799 g/mol. The molecular formula is C36H35IN2O9S. The van der Waals surface area contributed by atoms with Crippen LogP contribution in [0.5, 0.6) is 23.0 Å². The Morgan fingerprint density at radius 2 is 1.76 bits per heavy atom. The molecule has 256 valence electrons. The second kappa shape index (κ2) is 15.3. The minimum atomic E-state index is -0.997. The Labute approximate surface area is 300 Å². The summed E-state index contributed by atoms with van der Waals surface area (Å²) in [5.41, 5.74) is 2.69. The highest BCUT2D eigenvalue weighted by Gasteiger charge is 2.34. The third kappa shape index (κ3) is 7.67. The van der Waals surface area contributed by atoms with Crippen molar-refractivity contribution in [3.05, 3.63) is 111 Å². The van der Waals surface area contributed by atoms with Crippen LogP contribution in [0, 0.1) is 3.57 Å². The minimum absolute atomic E-state index is 0.0881. The van der Waals surface area contributed by atoms with E-state index in [9.17, 15) is 14.4 Å². The molecule has 11 nitrogen and oxygen atoms in total. The summed E-state index contributed by atoms with van der Waals surface area (Å²) >= 11 is 3.36. The maximum Gasteiger partial charge on any atom is 0.338 e. The number of thiazole rings is 1. The van der Waals surface area contributed by atoms with E-state index in [1.807, 2.05) is 26.0 Å². The van der Waals surface area contributed by atoms with Crippen molar-refractivity contribution in [2.75, 3.05) is 20.8 Å². The van der Waals surface area contributed by atoms with Gasteiger partial charge in [-0.3, -0.25) is 9.36 Å². The topological polar surface area (TPSA) is 135 Å². The molecule has 0 saturated heterocycles. The van der Waals surface area contributed by atoms with Gasteiger partial charge < -0.3 is 28.8 Å². The number of nitrogens with zero attached hydrogens (tertiary/aromatic N) is 2. The third-order valence-electron chi connectivity index (χ3n) is 7.52. The number of esters is 1. The van der Waals surface area contributed by atoms with Gasteiger partial charge in [0.05, 0.1) is 57.9 Å². The molecule has 1 aromatic heterocycles. The third-order valence-corrected chi connectivity index (χ3v) is 9.30. The van der Waals surface area contributed by atoms with E-state index >= 15 is 0 Å². The number of carbonyl (C=O) groups is 2. The molecule has 0 saturated carbocycles. The molecule has 49 heavy (non-hydrogen) atoms. The van der Waals surface area contributed by atoms with Crippen LogP contribution < -0.4 is 33.8 Å². The normalized spacial score (nSPS) is 14.3. The molecule has 1 atom stereocenters. The molecule has 0 radical (unpaired) electrons. The summed E-state index contributed by atoms with van der Waals surface area (Å²) in [6.45, 7) is 7.64. The lowest BCUT2D eigenvalue weighted by atomic mass is 9.95. The van der Waals surface area contributed by atoms with Crippen LogP contribution in [0.2, 0.25) is 0 Å². The van der Waals surface area contributed by atoms with Crippen LogP contribution in [0.1, 0.15) is 60.8 Å². The zero-order chi connectivity index (χ0) is 35.4.